The Bertz CT molecular complexity index is 588. The average molecular weight is 242 g/mol. The summed E-state index contributed by atoms with van der Waals surface area (Å²) in [7, 11) is 1.47. The third-order valence-electron chi connectivity index (χ3n) is 2.79. The predicted molar refractivity (Wildman–Crippen MR) is 70.1 cm³/mol. The summed E-state index contributed by atoms with van der Waals surface area (Å²) in [5, 5.41) is 9.33. The van der Waals surface area contributed by atoms with E-state index in [1.54, 1.807) is 18.2 Å². The van der Waals surface area contributed by atoms with Gasteiger partial charge in [-0.25, -0.2) is 4.79 Å². The van der Waals surface area contributed by atoms with E-state index < -0.39 is 5.97 Å². The molecule has 0 amide bonds. The van der Waals surface area contributed by atoms with Gasteiger partial charge < -0.3 is 9.84 Å². The van der Waals surface area contributed by atoms with E-state index in [9.17, 15) is 9.90 Å². The van der Waals surface area contributed by atoms with E-state index in [-0.39, 0.29) is 5.56 Å². The normalized spacial score (nSPS) is 10.1. The van der Waals surface area contributed by atoms with Crippen molar-refractivity contribution in [2.75, 3.05) is 7.11 Å². The molecule has 1 N–H and O–H groups in total. The molecule has 0 aliphatic carbocycles. The van der Waals surface area contributed by atoms with E-state index in [2.05, 4.69) is 0 Å². The third-order valence-corrected chi connectivity index (χ3v) is 2.79. The number of methoxy groups -OCH3 is 1. The standard InChI is InChI=1S/C15H14O3/c1-10-5-3-6-11(9-10)12-7-4-8-13(18-2)14(12)15(16)17/h3-9H,1-2H3,(H,16,17). The van der Waals surface area contributed by atoms with E-state index in [1.165, 1.54) is 7.11 Å². The highest BCUT2D eigenvalue weighted by Crippen LogP contribution is 2.31. The quantitative estimate of drug-likeness (QED) is 0.897. The zero-order chi connectivity index (χ0) is 13.1. The number of hydrogen-bond donors (Lipinski definition) is 1. The lowest BCUT2D eigenvalue weighted by atomic mass is 9.97. The molecule has 3 nitrogen and oxygen atoms in total. The largest absolute Gasteiger partial charge is 0.496 e. The zero-order valence-corrected chi connectivity index (χ0v) is 10.3. The second-order valence-corrected chi connectivity index (χ2v) is 4.06. The van der Waals surface area contributed by atoms with Crippen molar-refractivity contribution in [2.45, 2.75) is 6.92 Å². The first kappa shape index (κ1) is 12.2. The molecule has 0 saturated heterocycles. The van der Waals surface area contributed by atoms with Crippen molar-refractivity contribution in [1.82, 2.24) is 0 Å². The number of carbonyl (C=O) groups is 1. The number of ether oxygens (including phenoxy) is 1. The maximum Gasteiger partial charge on any atom is 0.340 e. The molecule has 0 unspecified atom stereocenters. The smallest absolute Gasteiger partial charge is 0.340 e. The van der Waals surface area contributed by atoms with Crippen LogP contribution < -0.4 is 4.74 Å². The first-order valence-electron chi connectivity index (χ1n) is 5.61. The highest BCUT2D eigenvalue weighted by Gasteiger charge is 2.17. The van der Waals surface area contributed by atoms with Gasteiger partial charge in [-0.1, -0.05) is 42.0 Å². The maximum atomic E-state index is 11.4. The van der Waals surface area contributed by atoms with Gasteiger partial charge in [0.05, 0.1) is 7.11 Å². The Labute approximate surface area is 106 Å². The topological polar surface area (TPSA) is 46.5 Å². The lowest BCUT2D eigenvalue weighted by Gasteiger charge is -2.11. The number of rotatable bonds is 3. The highest BCUT2D eigenvalue weighted by atomic mass is 16.5. The first-order valence-corrected chi connectivity index (χ1v) is 5.61. The van der Waals surface area contributed by atoms with Gasteiger partial charge in [0.15, 0.2) is 0 Å². The van der Waals surface area contributed by atoms with Crippen LogP contribution in [-0.2, 0) is 0 Å². The molecule has 0 saturated carbocycles. The summed E-state index contributed by atoms with van der Waals surface area (Å²) < 4.78 is 5.12. The van der Waals surface area contributed by atoms with Gasteiger partial charge in [-0.2, -0.15) is 0 Å². The van der Waals surface area contributed by atoms with Crippen LogP contribution in [0.15, 0.2) is 42.5 Å². The van der Waals surface area contributed by atoms with Gasteiger partial charge in [0.1, 0.15) is 11.3 Å². The van der Waals surface area contributed by atoms with Crippen molar-refractivity contribution in [2.24, 2.45) is 0 Å². The molecule has 2 aromatic carbocycles. The van der Waals surface area contributed by atoms with E-state index in [4.69, 9.17) is 4.74 Å². The van der Waals surface area contributed by atoms with E-state index in [0.717, 1.165) is 11.1 Å². The minimum atomic E-state index is -0.982. The fraction of sp³-hybridized carbons (Fsp3) is 0.133. The van der Waals surface area contributed by atoms with Crippen LogP contribution in [0.2, 0.25) is 0 Å². The van der Waals surface area contributed by atoms with Crippen LogP contribution in [0.3, 0.4) is 0 Å². The summed E-state index contributed by atoms with van der Waals surface area (Å²) in [5.74, 6) is -0.606. The third kappa shape index (κ3) is 2.20. The van der Waals surface area contributed by atoms with E-state index in [0.29, 0.717) is 11.3 Å². The fourth-order valence-corrected chi connectivity index (χ4v) is 1.97. The monoisotopic (exact) mass is 242 g/mol. The number of carboxylic acid groups (broad SMARTS) is 1. The van der Waals surface area contributed by atoms with E-state index >= 15 is 0 Å². The number of aromatic carboxylic acids is 1. The van der Waals surface area contributed by atoms with Crippen LogP contribution in [0, 0.1) is 6.92 Å². The Balaban J connectivity index is 2.67. The average Bonchev–Trinajstić information content (AvgIpc) is 2.37. The van der Waals surface area contributed by atoms with Crippen molar-refractivity contribution in [1.29, 1.82) is 0 Å². The zero-order valence-electron chi connectivity index (χ0n) is 10.3. The summed E-state index contributed by atoms with van der Waals surface area (Å²) in [5.41, 5.74) is 2.84. The Morgan fingerprint density at radius 3 is 2.50 bits per heavy atom. The van der Waals surface area contributed by atoms with Crippen molar-refractivity contribution >= 4 is 5.97 Å². The van der Waals surface area contributed by atoms with Gasteiger partial charge in [-0.3, -0.25) is 0 Å². The number of aryl methyl sites for hydroxylation is 1. The molecule has 2 rings (SSSR count). The SMILES string of the molecule is COc1cccc(-c2cccc(C)c2)c1C(=O)O. The second-order valence-electron chi connectivity index (χ2n) is 4.06. The molecular weight excluding hydrogens is 228 g/mol. The molecule has 0 spiro atoms. The summed E-state index contributed by atoms with van der Waals surface area (Å²) >= 11 is 0. The maximum absolute atomic E-state index is 11.4. The van der Waals surface area contributed by atoms with Gasteiger partial charge >= 0.3 is 5.97 Å². The summed E-state index contributed by atoms with van der Waals surface area (Å²) in [4.78, 5) is 11.4. The molecule has 0 aliphatic rings. The second kappa shape index (κ2) is 4.92. The number of benzene rings is 2. The van der Waals surface area contributed by atoms with Gasteiger partial charge in [0.25, 0.3) is 0 Å². The van der Waals surface area contributed by atoms with Crippen LogP contribution in [0.4, 0.5) is 0 Å². The predicted octanol–water partition coefficient (Wildman–Crippen LogP) is 3.37. The number of carboxylic acids is 1. The molecule has 2 aromatic rings. The lowest BCUT2D eigenvalue weighted by molar-refractivity contribution is 0.0694. The van der Waals surface area contributed by atoms with Crippen molar-refractivity contribution < 1.29 is 14.6 Å². The molecule has 0 aromatic heterocycles. The Kier molecular flexibility index (Phi) is 3.33. The molecular formula is C15H14O3. The first-order chi connectivity index (χ1) is 8.63. The molecule has 92 valence electrons. The molecule has 0 fully saturated rings. The van der Waals surface area contributed by atoms with Gasteiger partial charge in [0, 0.05) is 0 Å². The van der Waals surface area contributed by atoms with E-state index in [1.807, 2.05) is 31.2 Å². The Hall–Kier alpha value is -2.29. The molecule has 0 heterocycles. The lowest BCUT2D eigenvalue weighted by Crippen LogP contribution is -2.03. The minimum Gasteiger partial charge on any atom is -0.496 e. The Morgan fingerprint density at radius 2 is 1.89 bits per heavy atom. The summed E-state index contributed by atoms with van der Waals surface area (Å²) in [6.45, 7) is 1.98. The van der Waals surface area contributed by atoms with Crippen molar-refractivity contribution in [3.05, 3.63) is 53.6 Å². The molecule has 18 heavy (non-hydrogen) atoms. The molecule has 0 bridgehead atoms. The van der Waals surface area contributed by atoms with Crippen molar-refractivity contribution in [3.63, 3.8) is 0 Å². The van der Waals surface area contributed by atoms with Crippen LogP contribution in [-0.4, -0.2) is 18.2 Å². The van der Waals surface area contributed by atoms with Crippen LogP contribution in [0.1, 0.15) is 15.9 Å². The Morgan fingerprint density at radius 1 is 1.17 bits per heavy atom. The highest BCUT2D eigenvalue weighted by molar-refractivity contribution is 5.99. The minimum absolute atomic E-state index is 0.200. The number of hydrogen-bond acceptors (Lipinski definition) is 2. The van der Waals surface area contributed by atoms with Crippen LogP contribution in [0.25, 0.3) is 11.1 Å². The fourth-order valence-electron chi connectivity index (χ4n) is 1.97. The van der Waals surface area contributed by atoms with Crippen molar-refractivity contribution in [3.8, 4) is 16.9 Å². The van der Waals surface area contributed by atoms with Gasteiger partial charge in [-0.05, 0) is 24.1 Å². The van der Waals surface area contributed by atoms with Gasteiger partial charge in [-0.15, -0.1) is 0 Å². The summed E-state index contributed by atoms with van der Waals surface area (Å²) in [6, 6.07) is 13.0. The van der Waals surface area contributed by atoms with Gasteiger partial charge in [0.2, 0.25) is 0 Å². The van der Waals surface area contributed by atoms with Crippen LogP contribution in [0.5, 0.6) is 5.75 Å². The summed E-state index contributed by atoms with van der Waals surface area (Å²) in [6.07, 6.45) is 0. The molecule has 0 aliphatic heterocycles. The molecule has 0 atom stereocenters. The molecule has 0 radical (unpaired) electrons. The molecule has 3 heteroatoms. The van der Waals surface area contributed by atoms with Crippen LogP contribution >= 0.6 is 0 Å².